The first-order valence-corrected chi connectivity index (χ1v) is 9.07. The van der Waals surface area contributed by atoms with Crippen molar-refractivity contribution in [2.75, 3.05) is 13.2 Å². The summed E-state index contributed by atoms with van der Waals surface area (Å²) in [5.41, 5.74) is 2.14. The van der Waals surface area contributed by atoms with Crippen molar-refractivity contribution in [3.8, 4) is 5.75 Å². The minimum atomic E-state index is -0.105. The number of hydrogen-bond acceptors (Lipinski definition) is 3. The first-order chi connectivity index (χ1) is 12.3. The van der Waals surface area contributed by atoms with Crippen molar-refractivity contribution in [3.63, 3.8) is 0 Å². The van der Waals surface area contributed by atoms with Gasteiger partial charge in [-0.15, -0.1) is 0 Å². The smallest absolute Gasteiger partial charge is 0.305 e. The Morgan fingerprint density at radius 3 is 2.68 bits per heavy atom. The van der Waals surface area contributed by atoms with E-state index in [2.05, 4.69) is 30.1 Å². The highest BCUT2D eigenvalue weighted by Crippen LogP contribution is 2.31. The van der Waals surface area contributed by atoms with Crippen LogP contribution in [0.4, 0.5) is 0 Å². The summed E-state index contributed by atoms with van der Waals surface area (Å²) in [7, 11) is 0. The number of hydrogen-bond donors (Lipinski definition) is 1. The normalized spacial score (nSPS) is 11.1. The van der Waals surface area contributed by atoms with Crippen molar-refractivity contribution in [2.24, 2.45) is 0 Å². The summed E-state index contributed by atoms with van der Waals surface area (Å²) in [5, 5.41) is 2.38. The molecular formula is C21H25NO3. The largest absolute Gasteiger partial charge is 0.491 e. The molecule has 0 radical (unpaired) electrons. The Labute approximate surface area is 148 Å². The van der Waals surface area contributed by atoms with Crippen LogP contribution < -0.4 is 4.74 Å². The molecular weight excluding hydrogens is 314 g/mol. The van der Waals surface area contributed by atoms with Gasteiger partial charge in [0.15, 0.2) is 0 Å². The fourth-order valence-corrected chi connectivity index (χ4v) is 2.92. The van der Waals surface area contributed by atoms with Gasteiger partial charge in [-0.25, -0.2) is 0 Å². The summed E-state index contributed by atoms with van der Waals surface area (Å²) in [5.74, 6) is 0.755. The number of rotatable bonds is 9. The molecule has 25 heavy (non-hydrogen) atoms. The minimum absolute atomic E-state index is 0.105. The van der Waals surface area contributed by atoms with E-state index in [1.54, 1.807) is 0 Å². The maximum Gasteiger partial charge on any atom is 0.305 e. The lowest BCUT2D eigenvalue weighted by molar-refractivity contribution is -0.143. The van der Waals surface area contributed by atoms with Crippen LogP contribution in [0.15, 0.2) is 42.5 Å². The van der Waals surface area contributed by atoms with E-state index >= 15 is 0 Å². The molecule has 0 bridgehead atoms. The van der Waals surface area contributed by atoms with Gasteiger partial charge in [0.25, 0.3) is 0 Å². The molecule has 132 valence electrons. The van der Waals surface area contributed by atoms with E-state index in [4.69, 9.17) is 9.47 Å². The molecule has 0 fully saturated rings. The zero-order valence-electron chi connectivity index (χ0n) is 14.7. The molecule has 0 saturated heterocycles. The second kappa shape index (κ2) is 8.56. The molecule has 0 amide bonds. The van der Waals surface area contributed by atoms with Gasteiger partial charge in [0.2, 0.25) is 0 Å². The highest BCUT2D eigenvalue weighted by Gasteiger charge is 2.08. The average Bonchev–Trinajstić information content (AvgIpc) is 3.01. The molecule has 0 unspecified atom stereocenters. The Bertz CT molecular complexity index is 837. The lowest BCUT2D eigenvalue weighted by Gasteiger charge is -2.07. The summed E-state index contributed by atoms with van der Waals surface area (Å²) < 4.78 is 11.1. The van der Waals surface area contributed by atoms with Gasteiger partial charge in [-0.05, 0) is 31.4 Å². The van der Waals surface area contributed by atoms with Crippen molar-refractivity contribution in [1.29, 1.82) is 0 Å². The maximum atomic E-state index is 11.6. The Morgan fingerprint density at radius 1 is 0.960 bits per heavy atom. The highest BCUT2D eigenvalue weighted by atomic mass is 16.5. The van der Waals surface area contributed by atoms with E-state index in [1.807, 2.05) is 24.3 Å². The number of ether oxygens (including phenoxy) is 2. The SMILES string of the molecule is CCCCOC(=O)CCCCOc1cccc2c1[nH]c1ccccc12. The molecule has 0 spiro atoms. The van der Waals surface area contributed by atoms with E-state index in [9.17, 15) is 4.79 Å². The summed E-state index contributed by atoms with van der Waals surface area (Å²) in [6.07, 6.45) is 4.06. The van der Waals surface area contributed by atoms with Gasteiger partial charge in [-0.3, -0.25) is 4.79 Å². The van der Waals surface area contributed by atoms with E-state index < -0.39 is 0 Å². The quantitative estimate of drug-likeness (QED) is 0.430. The van der Waals surface area contributed by atoms with Gasteiger partial charge in [0.1, 0.15) is 5.75 Å². The number of H-pyrrole nitrogens is 1. The lowest BCUT2D eigenvalue weighted by Crippen LogP contribution is -2.06. The molecule has 1 N–H and O–H groups in total. The summed E-state index contributed by atoms with van der Waals surface area (Å²) in [6.45, 7) is 3.21. The number of fused-ring (bicyclic) bond motifs is 3. The number of para-hydroxylation sites is 2. The monoisotopic (exact) mass is 339 g/mol. The van der Waals surface area contributed by atoms with Crippen LogP contribution in [-0.2, 0) is 9.53 Å². The van der Waals surface area contributed by atoms with Crippen molar-refractivity contribution < 1.29 is 14.3 Å². The Balaban J connectivity index is 1.51. The maximum absolute atomic E-state index is 11.6. The molecule has 1 heterocycles. The van der Waals surface area contributed by atoms with E-state index in [-0.39, 0.29) is 5.97 Å². The average molecular weight is 339 g/mol. The number of carbonyl (C=O) groups is 1. The predicted molar refractivity (Wildman–Crippen MR) is 101 cm³/mol. The van der Waals surface area contributed by atoms with E-state index in [1.165, 1.54) is 10.8 Å². The molecule has 4 nitrogen and oxygen atoms in total. The lowest BCUT2D eigenvalue weighted by atomic mass is 10.1. The molecule has 0 aliphatic carbocycles. The van der Waals surface area contributed by atoms with Crippen molar-refractivity contribution in [1.82, 2.24) is 4.98 Å². The Morgan fingerprint density at radius 2 is 1.80 bits per heavy atom. The molecule has 3 aromatic rings. The first kappa shape index (κ1) is 17.3. The van der Waals surface area contributed by atoms with E-state index in [0.717, 1.165) is 42.5 Å². The van der Waals surface area contributed by atoms with Gasteiger partial charge in [-0.2, -0.15) is 0 Å². The van der Waals surface area contributed by atoms with Crippen LogP contribution in [-0.4, -0.2) is 24.2 Å². The Hall–Kier alpha value is -2.49. The van der Waals surface area contributed by atoms with Crippen LogP contribution in [0.2, 0.25) is 0 Å². The number of esters is 1. The first-order valence-electron chi connectivity index (χ1n) is 9.07. The summed E-state index contributed by atoms with van der Waals surface area (Å²) >= 11 is 0. The van der Waals surface area contributed by atoms with Crippen LogP contribution >= 0.6 is 0 Å². The van der Waals surface area contributed by atoms with Crippen LogP contribution in [0.3, 0.4) is 0 Å². The standard InChI is InChI=1S/C21H25NO3/c1-2-3-14-25-20(23)13-6-7-15-24-19-12-8-10-17-16-9-4-5-11-18(16)22-21(17)19/h4-5,8-12,22H,2-3,6-7,13-15H2,1H3. The van der Waals surface area contributed by atoms with Crippen LogP contribution in [0.5, 0.6) is 5.75 Å². The van der Waals surface area contributed by atoms with Crippen LogP contribution in [0.25, 0.3) is 21.8 Å². The number of nitrogens with one attached hydrogen (secondary N) is 1. The summed E-state index contributed by atoms with van der Waals surface area (Å²) in [4.78, 5) is 15.0. The van der Waals surface area contributed by atoms with Crippen LogP contribution in [0, 0.1) is 0 Å². The highest BCUT2D eigenvalue weighted by molar-refractivity contribution is 6.09. The number of aromatic nitrogens is 1. The third-order valence-corrected chi connectivity index (χ3v) is 4.30. The number of aromatic amines is 1. The van der Waals surface area contributed by atoms with Gasteiger partial charge in [0, 0.05) is 22.7 Å². The van der Waals surface area contributed by atoms with Crippen molar-refractivity contribution in [2.45, 2.75) is 39.0 Å². The minimum Gasteiger partial charge on any atom is -0.491 e. The molecule has 4 heteroatoms. The fourth-order valence-electron chi connectivity index (χ4n) is 2.92. The molecule has 0 aliphatic rings. The Kier molecular flexibility index (Phi) is 5.94. The zero-order chi connectivity index (χ0) is 17.5. The van der Waals surface area contributed by atoms with Gasteiger partial charge >= 0.3 is 5.97 Å². The number of benzene rings is 2. The third kappa shape index (κ3) is 4.32. The van der Waals surface area contributed by atoms with Gasteiger partial charge < -0.3 is 14.5 Å². The number of unbranched alkanes of at least 4 members (excludes halogenated alkanes) is 2. The molecule has 1 aromatic heterocycles. The predicted octanol–water partition coefficient (Wildman–Crippen LogP) is 5.21. The van der Waals surface area contributed by atoms with E-state index in [0.29, 0.717) is 19.6 Å². The second-order valence-electron chi connectivity index (χ2n) is 6.23. The fraction of sp³-hybridized carbons (Fsp3) is 0.381. The van der Waals surface area contributed by atoms with Gasteiger partial charge in [0.05, 0.1) is 18.7 Å². The second-order valence-corrected chi connectivity index (χ2v) is 6.23. The van der Waals surface area contributed by atoms with Crippen molar-refractivity contribution in [3.05, 3.63) is 42.5 Å². The molecule has 0 atom stereocenters. The molecule has 0 aliphatic heterocycles. The zero-order valence-corrected chi connectivity index (χ0v) is 14.7. The third-order valence-electron chi connectivity index (χ3n) is 4.30. The molecule has 3 rings (SSSR count). The van der Waals surface area contributed by atoms with Crippen molar-refractivity contribution >= 4 is 27.8 Å². The molecule has 2 aromatic carbocycles. The summed E-state index contributed by atoms with van der Waals surface area (Å²) in [6, 6.07) is 14.4. The van der Waals surface area contributed by atoms with Gasteiger partial charge in [-0.1, -0.05) is 43.7 Å². The van der Waals surface area contributed by atoms with Crippen LogP contribution in [0.1, 0.15) is 39.0 Å². The molecule has 0 saturated carbocycles. The number of carbonyl (C=O) groups excluding carboxylic acids is 1. The topological polar surface area (TPSA) is 51.3 Å².